The van der Waals surface area contributed by atoms with Gasteiger partial charge in [0.1, 0.15) is 11.2 Å². The average Bonchev–Trinajstić information content (AvgIpc) is 3.43. The first kappa shape index (κ1) is 18.4. The lowest BCUT2D eigenvalue weighted by molar-refractivity contribution is 0.0697. The van der Waals surface area contributed by atoms with Crippen LogP contribution < -0.4 is 0 Å². The van der Waals surface area contributed by atoms with Crippen LogP contribution in [-0.2, 0) is 0 Å². The zero-order valence-corrected chi connectivity index (χ0v) is 17.3. The quantitative estimate of drug-likeness (QED) is 0.478. The van der Waals surface area contributed by atoms with E-state index in [4.69, 9.17) is 9.52 Å². The Labute approximate surface area is 180 Å². The van der Waals surface area contributed by atoms with Crippen LogP contribution in [0.3, 0.4) is 0 Å². The molecule has 0 unspecified atom stereocenters. The van der Waals surface area contributed by atoms with Crippen molar-refractivity contribution in [2.24, 2.45) is 0 Å². The van der Waals surface area contributed by atoms with E-state index >= 15 is 0 Å². The van der Waals surface area contributed by atoms with Gasteiger partial charge in [0.2, 0.25) is 0 Å². The van der Waals surface area contributed by atoms with Crippen LogP contribution in [0.2, 0.25) is 0 Å². The number of hydrogen-bond donors (Lipinski definition) is 0. The zero-order valence-electron chi connectivity index (χ0n) is 17.3. The highest BCUT2D eigenvalue weighted by atomic mass is 16.3. The fourth-order valence-corrected chi connectivity index (χ4v) is 4.45. The van der Waals surface area contributed by atoms with Crippen molar-refractivity contribution in [2.45, 2.75) is 37.5 Å². The van der Waals surface area contributed by atoms with E-state index in [2.05, 4.69) is 4.98 Å². The fraction of sp³-hybridized carbons (Fsp3) is 0.320. The molecule has 1 aliphatic carbocycles. The second-order valence-corrected chi connectivity index (χ2v) is 8.56. The standard InChI is InChI=1S/C25H24N4O2/c30-25(22-16-21(17-10-11-17)27-29(22)19-6-2-1-3-7-19)28-14-12-18(13-15-28)24-26-20-8-4-5-9-23(20)31-24/h1-9,16-18H,10-15H2. The van der Waals surface area contributed by atoms with Gasteiger partial charge in [-0.25, -0.2) is 9.67 Å². The van der Waals surface area contributed by atoms with Gasteiger partial charge in [-0.2, -0.15) is 5.10 Å². The van der Waals surface area contributed by atoms with Crippen molar-refractivity contribution >= 4 is 17.0 Å². The number of carbonyl (C=O) groups excluding carboxylic acids is 1. The summed E-state index contributed by atoms with van der Waals surface area (Å²) in [7, 11) is 0. The van der Waals surface area contributed by atoms with Gasteiger partial charge in [-0.1, -0.05) is 30.3 Å². The molecule has 0 bridgehead atoms. The predicted molar refractivity (Wildman–Crippen MR) is 117 cm³/mol. The highest BCUT2D eigenvalue weighted by Gasteiger charge is 2.32. The molecule has 6 heteroatoms. The number of benzene rings is 2. The smallest absolute Gasteiger partial charge is 0.272 e. The number of nitrogens with zero attached hydrogens (tertiary/aromatic N) is 4. The molecule has 1 amide bonds. The Balaban J connectivity index is 1.22. The predicted octanol–water partition coefficient (Wildman–Crippen LogP) is 4.91. The topological polar surface area (TPSA) is 64.2 Å². The molecule has 31 heavy (non-hydrogen) atoms. The molecule has 0 radical (unpaired) electrons. The van der Waals surface area contributed by atoms with Crippen LogP contribution in [0.4, 0.5) is 0 Å². The number of piperidine rings is 1. The maximum absolute atomic E-state index is 13.5. The first-order valence-electron chi connectivity index (χ1n) is 11.1. The Hall–Kier alpha value is -3.41. The van der Waals surface area contributed by atoms with E-state index in [9.17, 15) is 4.79 Å². The second-order valence-electron chi connectivity index (χ2n) is 8.56. The number of carbonyl (C=O) groups is 1. The molecule has 2 aliphatic rings. The molecule has 3 heterocycles. The largest absolute Gasteiger partial charge is 0.440 e. The molecule has 4 aromatic rings. The third-order valence-electron chi connectivity index (χ3n) is 6.39. The molecule has 1 saturated heterocycles. The van der Waals surface area contributed by atoms with Crippen LogP contribution >= 0.6 is 0 Å². The van der Waals surface area contributed by atoms with Gasteiger partial charge >= 0.3 is 0 Å². The lowest BCUT2D eigenvalue weighted by Gasteiger charge is -2.30. The first-order valence-corrected chi connectivity index (χ1v) is 11.1. The summed E-state index contributed by atoms with van der Waals surface area (Å²) in [5.74, 6) is 1.59. The summed E-state index contributed by atoms with van der Waals surface area (Å²) < 4.78 is 7.80. The minimum absolute atomic E-state index is 0.0549. The Morgan fingerprint density at radius 1 is 0.903 bits per heavy atom. The van der Waals surface area contributed by atoms with Crippen LogP contribution in [0, 0.1) is 0 Å². The van der Waals surface area contributed by atoms with Crippen molar-refractivity contribution in [1.82, 2.24) is 19.7 Å². The van der Waals surface area contributed by atoms with Crippen molar-refractivity contribution in [3.63, 3.8) is 0 Å². The maximum atomic E-state index is 13.5. The highest BCUT2D eigenvalue weighted by molar-refractivity contribution is 5.93. The minimum atomic E-state index is 0.0549. The van der Waals surface area contributed by atoms with E-state index in [-0.39, 0.29) is 11.8 Å². The lowest BCUT2D eigenvalue weighted by Crippen LogP contribution is -2.38. The van der Waals surface area contributed by atoms with Gasteiger partial charge in [0.25, 0.3) is 5.91 Å². The number of fused-ring (bicyclic) bond motifs is 1. The van der Waals surface area contributed by atoms with E-state index < -0.39 is 0 Å². The molecule has 6 rings (SSSR count). The SMILES string of the molecule is O=C(c1cc(C2CC2)nn1-c1ccccc1)N1CCC(c2nc3ccccc3o2)CC1. The van der Waals surface area contributed by atoms with Crippen molar-refractivity contribution in [1.29, 1.82) is 0 Å². The first-order chi connectivity index (χ1) is 15.3. The van der Waals surface area contributed by atoms with E-state index in [0.717, 1.165) is 54.1 Å². The summed E-state index contributed by atoms with van der Waals surface area (Å²) in [6, 6.07) is 19.8. The van der Waals surface area contributed by atoms with Crippen LogP contribution in [0.15, 0.2) is 65.1 Å². The second kappa shape index (κ2) is 7.38. The summed E-state index contributed by atoms with van der Waals surface area (Å²) >= 11 is 0. The Morgan fingerprint density at radius 2 is 1.65 bits per heavy atom. The Bertz CT molecular complexity index is 1200. The number of rotatable bonds is 4. The molecular formula is C25H24N4O2. The van der Waals surface area contributed by atoms with Crippen LogP contribution in [0.25, 0.3) is 16.8 Å². The summed E-state index contributed by atoms with van der Waals surface area (Å²) in [4.78, 5) is 20.1. The number of likely N-dealkylation sites (tertiary alicyclic amines) is 1. The summed E-state index contributed by atoms with van der Waals surface area (Å²) in [5.41, 5.74) is 4.35. The van der Waals surface area contributed by atoms with Crippen molar-refractivity contribution < 1.29 is 9.21 Å². The number of amides is 1. The normalized spacial score (nSPS) is 17.4. The zero-order chi connectivity index (χ0) is 20.8. The van der Waals surface area contributed by atoms with Crippen LogP contribution in [0.5, 0.6) is 0 Å². The number of aromatic nitrogens is 3. The van der Waals surface area contributed by atoms with Gasteiger partial charge in [0.15, 0.2) is 11.5 Å². The Morgan fingerprint density at radius 3 is 2.39 bits per heavy atom. The van der Waals surface area contributed by atoms with E-state index in [1.807, 2.05) is 70.2 Å². The molecule has 0 N–H and O–H groups in total. The number of hydrogen-bond acceptors (Lipinski definition) is 4. The molecule has 2 aromatic carbocycles. The van der Waals surface area contributed by atoms with Crippen molar-refractivity contribution in [3.8, 4) is 5.69 Å². The van der Waals surface area contributed by atoms with Gasteiger partial charge in [-0.3, -0.25) is 4.79 Å². The summed E-state index contributed by atoms with van der Waals surface area (Å²) in [5, 5.41) is 4.79. The average molecular weight is 412 g/mol. The van der Waals surface area contributed by atoms with Gasteiger partial charge in [0, 0.05) is 24.9 Å². The molecule has 0 atom stereocenters. The van der Waals surface area contributed by atoms with Crippen molar-refractivity contribution in [3.05, 3.63) is 77.9 Å². The van der Waals surface area contributed by atoms with E-state index in [1.54, 1.807) is 0 Å². The highest BCUT2D eigenvalue weighted by Crippen LogP contribution is 2.40. The minimum Gasteiger partial charge on any atom is -0.440 e. The monoisotopic (exact) mass is 412 g/mol. The number of oxazole rings is 1. The molecular weight excluding hydrogens is 388 g/mol. The van der Waals surface area contributed by atoms with Gasteiger partial charge < -0.3 is 9.32 Å². The molecule has 6 nitrogen and oxygen atoms in total. The maximum Gasteiger partial charge on any atom is 0.272 e. The Kier molecular flexibility index (Phi) is 4.37. The van der Waals surface area contributed by atoms with Gasteiger partial charge in [-0.05, 0) is 56.0 Å². The third kappa shape index (κ3) is 3.42. The summed E-state index contributed by atoms with van der Waals surface area (Å²) in [6.07, 6.45) is 4.03. The van der Waals surface area contributed by atoms with Gasteiger partial charge in [0.05, 0.1) is 11.4 Å². The molecule has 1 saturated carbocycles. The van der Waals surface area contributed by atoms with E-state index in [1.165, 1.54) is 0 Å². The fourth-order valence-electron chi connectivity index (χ4n) is 4.45. The molecule has 1 aliphatic heterocycles. The third-order valence-corrected chi connectivity index (χ3v) is 6.39. The van der Waals surface area contributed by atoms with Crippen LogP contribution in [0.1, 0.15) is 59.6 Å². The van der Waals surface area contributed by atoms with Crippen molar-refractivity contribution in [2.75, 3.05) is 13.1 Å². The van der Waals surface area contributed by atoms with Crippen LogP contribution in [-0.4, -0.2) is 38.7 Å². The molecule has 2 aromatic heterocycles. The lowest BCUT2D eigenvalue weighted by atomic mass is 9.96. The number of para-hydroxylation sites is 3. The summed E-state index contributed by atoms with van der Waals surface area (Å²) in [6.45, 7) is 1.39. The van der Waals surface area contributed by atoms with E-state index in [0.29, 0.717) is 24.7 Å². The molecule has 2 fully saturated rings. The molecule has 0 spiro atoms. The van der Waals surface area contributed by atoms with Gasteiger partial charge in [-0.15, -0.1) is 0 Å². The molecule has 156 valence electrons.